The van der Waals surface area contributed by atoms with Crippen LogP contribution in [0.4, 0.5) is 0 Å². The number of ether oxygens (including phenoxy) is 2. The van der Waals surface area contributed by atoms with Gasteiger partial charge >= 0.3 is 5.97 Å². The van der Waals surface area contributed by atoms with Gasteiger partial charge in [-0.05, 0) is 38.5 Å². The van der Waals surface area contributed by atoms with Gasteiger partial charge in [-0.15, -0.1) is 0 Å². The Morgan fingerprint density at radius 1 is 1.29 bits per heavy atom. The summed E-state index contributed by atoms with van der Waals surface area (Å²) in [6.07, 6.45) is 2.21. The molecular formula is C20H23N5O3. The molecule has 0 spiro atoms. The number of carbonyl (C=O) groups excluding carboxylic acids is 1. The second kappa shape index (κ2) is 7.10. The zero-order chi connectivity index (χ0) is 19.8. The van der Waals surface area contributed by atoms with Crippen LogP contribution < -0.4 is 4.74 Å². The van der Waals surface area contributed by atoms with Crippen molar-refractivity contribution in [3.05, 3.63) is 35.8 Å². The fourth-order valence-electron chi connectivity index (χ4n) is 3.35. The van der Waals surface area contributed by atoms with Crippen LogP contribution in [0.5, 0.6) is 5.75 Å². The maximum absolute atomic E-state index is 11.6. The molecule has 0 amide bonds. The summed E-state index contributed by atoms with van der Waals surface area (Å²) in [5.74, 6) is 2.75. The van der Waals surface area contributed by atoms with Crippen molar-refractivity contribution in [1.29, 1.82) is 0 Å². The summed E-state index contributed by atoms with van der Waals surface area (Å²) in [5, 5.41) is 4.49. The molecule has 1 aliphatic rings. The highest BCUT2D eigenvalue weighted by atomic mass is 16.5. The molecule has 2 aromatic heterocycles. The summed E-state index contributed by atoms with van der Waals surface area (Å²) in [6.45, 7) is 7.23. The minimum Gasteiger partial charge on any atom is -0.491 e. The highest BCUT2D eigenvalue weighted by Gasteiger charge is 2.22. The third kappa shape index (κ3) is 3.26. The first-order valence-corrected chi connectivity index (χ1v) is 9.30. The Balaban J connectivity index is 1.76. The van der Waals surface area contributed by atoms with Crippen LogP contribution >= 0.6 is 0 Å². The van der Waals surface area contributed by atoms with Gasteiger partial charge in [-0.25, -0.2) is 14.6 Å². The van der Waals surface area contributed by atoms with E-state index in [2.05, 4.69) is 28.5 Å². The number of fused-ring (bicyclic) bond motifs is 3. The zero-order valence-electron chi connectivity index (χ0n) is 16.5. The van der Waals surface area contributed by atoms with Crippen LogP contribution in [0.3, 0.4) is 0 Å². The molecule has 3 heterocycles. The Kier molecular flexibility index (Phi) is 4.62. The standard InChI is InChI=1S/C20H23N5O3/c1-12(2)25-20(21-13(3)23-25)16-11-24-7-8-28-17-9-14(10-18(26)27-4)5-6-15(17)19(24)22-16/h5-6,9,11-12H,7-8,10H2,1-4H3. The van der Waals surface area contributed by atoms with Crippen LogP contribution in [-0.2, 0) is 22.5 Å². The van der Waals surface area contributed by atoms with Crippen molar-refractivity contribution in [1.82, 2.24) is 24.3 Å². The van der Waals surface area contributed by atoms with Crippen LogP contribution in [0, 0.1) is 6.92 Å². The molecule has 1 aromatic carbocycles. The van der Waals surface area contributed by atoms with Crippen molar-refractivity contribution in [3.63, 3.8) is 0 Å². The second-order valence-corrected chi connectivity index (χ2v) is 7.10. The van der Waals surface area contributed by atoms with E-state index < -0.39 is 0 Å². The average molecular weight is 381 g/mol. The summed E-state index contributed by atoms with van der Waals surface area (Å²) in [5.41, 5.74) is 2.53. The van der Waals surface area contributed by atoms with Gasteiger partial charge in [0.05, 0.1) is 25.6 Å². The van der Waals surface area contributed by atoms with E-state index in [4.69, 9.17) is 14.5 Å². The number of imidazole rings is 1. The monoisotopic (exact) mass is 381 g/mol. The average Bonchev–Trinajstić information content (AvgIpc) is 3.21. The minimum absolute atomic E-state index is 0.189. The smallest absolute Gasteiger partial charge is 0.309 e. The molecule has 28 heavy (non-hydrogen) atoms. The van der Waals surface area contributed by atoms with E-state index in [1.807, 2.05) is 36.0 Å². The molecule has 0 radical (unpaired) electrons. The van der Waals surface area contributed by atoms with Crippen LogP contribution in [0.1, 0.15) is 31.3 Å². The maximum Gasteiger partial charge on any atom is 0.309 e. The summed E-state index contributed by atoms with van der Waals surface area (Å²) >= 11 is 0. The predicted octanol–water partition coefficient (Wildman–Crippen LogP) is 2.81. The lowest BCUT2D eigenvalue weighted by molar-refractivity contribution is -0.139. The Morgan fingerprint density at radius 2 is 2.11 bits per heavy atom. The summed E-state index contributed by atoms with van der Waals surface area (Å²) in [7, 11) is 1.39. The number of nitrogens with zero attached hydrogens (tertiary/aromatic N) is 5. The largest absolute Gasteiger partial charge is 0.491 e. The van der Waals surface area contributed by atoms with Gasteiger partial charge in [0.15, 0.2) is 5.82 Å². The maximum atomic E-state index is 11.6. The fourth-order valence-corrected chi connectivity index (χ4v) is 3.35. The molecule has 0 N–H and O–H groups in total. The molecule has 0 saturated carbocycles. The molecule has 8 heteroatoms. The topological polar surface area (TPSA) is 84.1 Å². The molecule has 146 valence electrons. The molecule has 0 bridgehead atoms. The fraction of sp³-hybridized carbons (Fsp3) is 0.400. The Bertz CT molecular complexity index is 1030. The van der Waals surface area contributed by atoms with E-state index in [0.717, 1.165) is 40.0 Å². The molecule has 0 atom stereocenters. The van der Waals surface area contributed by atoms with Crippen LogP contribution in [-0.4, -0.2) is 44.0 Å². The summed E-state index contributed by atoms with van der Waals surface area (Å²) in [6, 6.07) is 5.93. The van der Waals surface area contributed by atoms with Crippen molar-refractivity contribution >= 4 is 5.97 Å². The van der Waals surface area contributed by atoms with Gasteiger partial charge in [0.2, 0.25) is 0 Å². The van der Waals surface area contributed by atoms with Gasteiger partial charge in [-0.1, -0.05) is 6.07 Å². The number of methoxy groups -OCH3 is 1. The normalized spacial score (nSPS) is 12.9. The summed E-state index contributed by atoms with van der Waals surface area (Å²) < 4.78 is 14.6. The molecule has 4 rings (SSSR count). The van der Waals surface area contributed by atoms with E-state index in [1.165, 1.54) is 7.11 Å². The summed E-state index contributed by atoms with van der Waals surface area (Å²) in [4.78, 5) is 21.0. The Hall–Kier alpha value is -3.16. The first-order valence-electron chi connectivity index (χ1n) is 9.30. The van der Waals surface area contributed by atoms with E-state index in [1.54, 1.807) is 0 Å². The lowest BCUT2D eigenvalue weighted by Crippen LogP contribution is -2.06. The number of hydrogen-bond acceptors (Lipinski definition) is 6. The lowest BCUT2D eigenvalue weighted by Gasteiger charge is -2.09. The van der Waals surface area contributed by atoms with E-state index >= 15 is 0 Å². The van der Waals surface area contributed by atoms with Crippen molar-refractivity contribution < 1.29 is 14.3 Å². The van der Waals surface area contributed by atoms with E-state index in [-0.39, 0.29) is 18.4 Å². The minimum atomic E-state index is -0.277. The number of carbonyl (C=O) groups is 1. The van der Waals surface area contributed by atoms with Crippen molar-refractivity contribution in [3.8, 4) is 28.7 Å². The highest BCUT2D eigenvalue weighted by molar-refractivity contribution is 5.74. The predicted molar refractivity (Wildman–Crippen MR) is 103 cm³/mol. The molecule has 1 aliphatic heterocycles. The van der Waals surface area contributed by atoms with Gasteiger partial charge in [0.1, 0.15) is 29.7 Å². The van der Waals surface area contributed by atoms with Crippen LogP contribution in [0.15, 0.2) is 24.4 Å². The first-order chi connectivity index (χ1) is 13.5. The SMILES string of the molecule is COC(=O)Cc1ccc2c(c1)OCCn1cc(-c3nc(C)nn3C(C)C)nc1-2. The van der Waals surface area contributed by atoms with Gasteiger partial charge < -0.3 is 14.0 Å². The third-order valence-electron chi connectivity index (χ3n) is 4.68. The Morgan fingerprint density at radius 3 is 2.86 bits per heavy atom. The van der Waals surface area contributed by atoms with Gasteiger partial charge in [0, 0.05) is 12.2 Å². The van der Waals surface area contributed by atoms with Crippen molar-refractivity contribution in [2.45, 2.75) is 39.8 Å². The molecule has 0 unspecified atom stereocenters. The Labute approximate surface area is 163 Å². The zero-order valence-corrected chi connectivity index (χ0v) is 16.5. The number of hydrogen-bond donors (Lipinski definition) is 0. The molecule has 0 fully saturated rings. The van der Waals surface area contributed by atoms with Crippen molar-refractivity contribution in [2.75, 3.05) is 13.7 Å². The highest BCUT2D eigenvalue weighted by Crippen LogP contribution is 2.34. The van der Waals surface area contributed by atoms with Gasteiger partial charge in [0.25, 0.3) is 0 Å². The molecular weight excluding hydrogens is 358 g/mol. The number of benzene rings is 1. The lowest BCUT2D eigenvalue weighted by atomic mass is 10.1. The van der Waals surface area contributed by atoms with Crippen LogP contribution in [0.25, 0.3) is 22.9 Å². The number of rotatable bonds is 4. The number of aromatic nitrogens is 5. The number of esters is 1. The van der Waals surface area contributed by atoms with Crippen molar-refractivity contribution in [2.24, 2.45) is 0 Å². The first kappa shape index (κ1) is 18.2. The third-order valence-corrected chi connectivity index (χ3v) is 4.68. The molecule has 3 aromatic rings. The van der Waals surface area contributed by atoms with Gasteiger partial charge in [-0.2, -0.15) is 5.10 Å². The molecule has 8 nitrogen and oxygen atoms in total. The number of aryl methyl sites for hydroxylation is 1. The van der Waals surface area contributed by atoms with Crippen LogP contribution in [0.2, 0.25) is 0 Å². The van der Waals surface area contributed by atoms with E-state index in [9.17, 15) is 4.79 Å². The second-order valence-electron chi connectivity index (χ2n) is 7.10. The molecule has 0 saturated heterocycles. The van der Waals surface area contributed by atoms with Gasteiger partial charge in [-0.3, -0.25) is 4.79 Å². The quantitative estimate of drug-likeness (QED) is 0.646. The molecule has 0 aliphatic carbocycles. The van der Waals surface area contributed by atoms with E-state index in [0.29, 0.717) is 13.2 Å².